The number of hydrogen-bond donors (Lipinski definition) is 2. The number of carbonyl (C=O) groups is 1. The molecule has 1 aliphatic rings. The average Bonchev–Trinajstić information content (AvgIpc) is 3.10. The highest BCUT2D eigenvalue weighted by Gasteiger charge is 2.21. The lowest BCUT2D eigenvalue weighted by Gasteiger charge is -2.22. The predicted octanol–water partition coefficient (Wildman–Crippen LogP) is 2.53. The zero-order chi connectivity index (χ0) is 17.8. The summed E-state index contributed by atoms with van der Waals surface area (Å²) in [6, 6.07) is 16.4. The summed E-state index contributed by atoms with van der Waals surface area (Å²) in [5.74, 6) is -0.0665. The van der Waals surface area contributed by atoms with Crippen LogP contribution in [-0.4, -0.2) is 41.3 Å². The van der Waals surface area contributed by atoms with Crippen molar-refractivity contribution in [2.45, 2.75) is 19.2 Å². The smallest absolute Gasteiger partial charge is 0.250 e. The van der Waals surface area contributed by atoms with Gasteiger partial charge in [-0.05, 0) is 23.3 Å². The molecule has 150 valence electrons. The van der Waals surface area contributed by atoms with Crippen LogP contribution in [0.2, 0.25) is 0 Å². The molecule has 4 rings (SSSR count). The number of morpholine rings is 1. The van der Waals surface area contributed by atoms with Crippen molar-refractivity contribution in [3.63, 3.8) is 0 Å². The molecule has 1 atom stereocenters. The van der Waals surface area contributed by atoms with Gasteiger partial charge in [0.15, 0.2) is 0 Å². The predicted molar refractivity (Wildman–Crippen MR) is 114 cm³/mol. The largest absolute Gasteiger partial charge is 0.366 e. The molecule has 2 aromatic carbocycles. The molecule has 1 amide bonds. The van der Waals surface area contributed by atoms with Gasteiger partial charge in [0, 0.05) is 26.2 Å². The van der Waals surface area contributed by atoms with Crippen LogP contribution in [0.1, 0.15) is 11.1 Å². The fourth-order valence-electron chi connectivity index (χ4n) is 3.21. The average molecular weight is 423 g/mol. The number of ether oxygens (including phenoxy) is 1. The van der Waals surface area contributed by atoms with Gasteiger partial charge in [0.05, 0.1) is 24.0 Å². The van der Waals surface area contributed by atoms with Gasteiger partial charge < -0.3 is 19.9 Å². The molecule has 8 heteroatoms. The van der Waals surface area contributed by atoms with Crippen molar-refractivity contribution in [3.8, 4) is 0 Å². The Morgan fingerprint density at radius 3 is 2.82 bits per heavy atom. The third-order valence-corrected chi connectivity index (χ3v) is 4.56. The van der Waals surface area contributed by atoms with Crippen LogP contribution < -0.4 is 10.6 Å². The molecule has 0 saturated carbocycles. The topological polar surface area (TPSA) is 68.2 Å². The summed E-state index contributed by atoms with van der Waals surface area (Å²) in [6.45, 7) is 3.19. The molecule has 0 spiro atoms. The number of para-hydroxylation sites is 2. The van der Waals surface area contributed by atoms with Crippen LogP contribution >= 0.6 is 24.8 Å². The van der Waals surface area contributed by atoms with E-state index in [1.165, 1.54) is 5.56 Å². The standard InChI is InChI=1S/C20H22N4O2.2ClH/c25-20(19-12-21-8-9-26-19)22-11-15-4-3-5-16(10-15)13-24-14-23-17-6-1-2-7-18(17)24;;/h1-7,10,14,19,21H,8-9,11-13H2,(H,22,25);2*1H. The van der Waals surface area contributed by atoms with Crippen LogP contribution in [0.5, 0.6) is 0 Å². The van der Waals surface area contributed by atoms with E-state index in [0.717, 1.165) is 29.7 Å². The van der Waals surface area contributed by atoms with E-state index in [1.807, 2.05) is 36.7 Å². The summed E-state index contributed by atoms with van der Waals surface area (Å²) >= 11 is 0. The molecule has 3 aromatic rings. The second-order valence-electron chi connectivity index (χ2n) is 6.46. The van der Waals surface area contributed by atoms with E-state index < -0.39 is 6.10 Å². The Kier molecular flexibility index (Phi) is 8.26. The number of hydrogen-bond acceptors (Lipinski definition) is 4. The first-order valence-corrected chi connectivity index (χ1v) is 8.87. The lowest BCUT2D eigenvalue weighted by Crippen LogP contribution is -2.47. The minimum Gasteiger partial charge on any atom is -0.366 e. The number of imidazole rings is 1. The number of nitrogens with zero attached hydrogens (tertiary/aromatic N) is 2. The molecule has 6 nitrogen and oxygen atoms in total. The van der Waals surface area contributed by atoms with E-state index in [4.69, 9.17) is 4.74 Å². The Labute approximate surface area is 176 Å². The lowest BCUT2D eigenvalue weighted by molar-refractivity contribution is -0.134. The Balaban J connectivity index is 0.00000140. The number of amides is 1. The van der Waals surface area contributed by atoms with Crippen molar-refractivity contribution in [1.29, 1.82) is 0 Å². The third-order valence-electron chi connectivity index (χ3n) is 4.56. The van der Waals surface area contributed by atoms with E-state index in [9.17, 15) is 4.79 Å². The molecule has 2 heterocycles. The van der Waals surface area contributed by atoms with E-state index >= 15 is 0 Å². The third kappa shape index (κ3) is 5.23. The van der Waals surface area contributed by atoms with Gasteiger partial charge in [0.2, 0.25) is 0 Å². The molecule has 1 saturated heterocycles. The summed E-state index contributed by atoms with van der Waals surface area (Å²) in [5.41, 5.74) is 4.37. The van der Waals surface area contributed by atoms with Gasteiger partial charge in [-0.15, -0.1) is 24.8 Å². The van der Waals surface area contributed by atoms with Crippen LogP contribution in [0, 0.1) is 0 Å². The lowest BCUT2D eigenvalue weighted by atomic mass is 10.1. The van der Waals surface area contributed by atoms with Gasteiger partial charge in [-0.3, -0.25) is 4.79 Å². The number of rotatable bonds is 5. The minimum atomic E-state index is -0.399. The maximum Gasteiger partial charge on any atom is 0.250 e. The molecular weight excluding hydrogens is 399 g/mol. The highest BCUT2D eigenvalue weighted by Crippen LogP contribution is 2.15. The summed E-state index contributed by atoms with van der Waals surface area (Å²) in [5, 5.41) is 6.13. The molecule has 1 aliphatic heterocycles. The Morgan fingerprint density at radius 2 is 2.00 bits per heavy atom. The van der Waals surface area contributed by atoms with E-state index in [-0.39, 0.29) is 30.7 Å². The van der Waals surface area contributed by atoms with Crippen molar-refractivity contribution in [3.05, 3.63) is 66.0 Å². The van der Waals surface area contributed by atoms with Crippen molar-refractivity contribution in [1.82, 2.24) is 20.2 Å². The van der Waals surface area contributed by atoms with Crippen molar-refractivity contribution in [2.75, 3.05) is 19.7 Å². The number of halogens is 2. The van der Waals surface area contributed by atoms with Gasteiger partial charge >= 0.3 is 0 Å². The molecule has 0 aliphatic carbocycles. The number of carbonyl (C=O) groups excluding carboxylic acids is 1. The zero-order valence-corrected chi connectivity index (χ0v) is 17.0. The zero-order valence-electron chi connectivity index (χ0n) is 15.3. The SMILES string of the molecule is Cl.Cl.O=C(NCc1cccc(Cn2cnc3ccccc32)c1)C1CNCCO1. The van der Waals surface area contributed by atoms with Crippen LogP contribution in [0.25, 0.3) is 11.0 Å². The molecule has 28 heavy (non-hydrogen) atoms. The van der Waals surface area contributed by atoms with Gasteiger partial charge in [-0.25, -0.2) is 4.98 Å². The van der Waals surface area contributed by atoms with Gasteiger partial charge in [0.1, 0.15) is 6.10 Å². The monoisotopic (exact) mass is 422 g/mol. The van der Waals surface area contributed by atoms with E-state index in [0.29, 0.717) is 19.7 Å². The fourth-order valence-corrected chi connectivity index (χ4v) is 3.21. The molecule has 1 fully saturated rings. The van der Waals surface area contributed by atoms with Crippen molar-refractivity contribution in [2.24, 2.45) is 0 Å². The molecule has 2 N–H and O–H groups in total. The first-order chi connectivity index (χ1) is 12.8. The van der Waals surface area contributed by atoms with Crippen LogP contribution in [0.3, 0.4) is 0 Å². The molecule has 0 radical (unpaired) electrons. The highest BCUT2D eigenvalue weighted by atomic mass is 35.5. The Morgan fingerprint density at radius 1 is 1.18 bits per heavy atom. The number of aromatic nitrogens is 2. The maximum atomic E-state index is 12.2. The highest BCUT2D eigenvalue weighted by molar-refractivity contribution is 5.85. The minimum absolute atomic E-state index is 0. The Hall–Kier alpha value is -2.12. The fraction of sp³-hybridized carbons (Fsp3) is 0.300. The summed E-state index contributed by atoms with van der Waals surface area (Å²) < 4.78 is 7.61. The summed E-state index contributed by atoms with van der Waals surface area (Å²) in [6.07, 6.45) is 1.47. The second-order valence-corrected chi connectivity index (χ2v) is 6.46. The molecule has 0 bridgehead atoms. The second kappa shape index (κ2) is 10.4. The Bertz CT molecular complexity index is 910. The number of fused-ring (bicyclic) bond motifs is 1. The number of benzene rings is 2. The quantitative estimate of drug-likeness (QED) is 0.662. The maximum absolute atomic E-state index is 12.2. The first kappa shape index (κ1) is 22.2. The van der Waals surface area contributed by atoms with E-state index in [1.54, 1.807) is 0 Å². The first-order valence-electron chi connectivity index (χ1n) is 8.87. The summed E-state index contributed by atoms with van der Waals surface area (Å²) in [7, 11) is 0. The van der Waals surface area contributed by atoms with Crippen molar-refractivity contribution < 1.29 is 9.53 Å². The van der Waals surface area contributed by atoms with Crippen LogP contribution in [0.15, 0.2) is 54.9 Å². The van der Waals surface area contributed by atoms with Gasteiger partial charge in [-0.2, -0.15) is 0 Å². The molecule has 1 aromatic heterocycles. The molecular formula is C20H24Cl2N4O2. The van der Waals surface area contributed by atoms with Gasteiger partial charge in [0.25, 0.3) is 5.91 Å². The summed E-state index contributed by atoms with van der Waals surface area (Å²) in [4.78, 5) is 16.6. The van der Waals surface area contributed by atoms with Crippen LogP contribution in [0.4, 0.5) is 0 Å². The van der Waals surface area contributed by atoms with Crippen molar-refractivity contribution >= 4 is 41.8 Å². The van der Waals surface area contributed by atoms with Crippen LogP contribution in [-0.2, 0) is 22.6 Å². The van der Waals surface area contributed by atoms with E-state index in [2.05, 4.69) is 38.4 Å². The van der Waals surface area contributed by atoms with Gasteiger partial charge in [-0.1, -0.05) is 36.4 Å². The normalized spacial score (nSPS) is 16.1. The number of nitrogens with one attached hydrogen (secondary N) is 2. The molecule has 1 unspecified atom stereocenters.